The zero-order valence-electron chi connectivity index (χ0n) is 11.2. The van der Waals surface area contributed by atoms with Crippen LogP contribution in [0.5, 0.6) is 0 Å². The number of pyridine rings is 1. The third-order valence-electron chi connectivity index (χ3n) is 3.57. The summed E-state index contributed by atoms with van der Waals surface area (Å²) >= 11 is 0. The summed E-state index contributed by atoms with van der Waals surface area (Å²) in [4.78, 5) is 18.4. The summed E-state index contributed by atoms with van der Waals surface area (Å²) < 4.78 is 0. The zero-order valence-corrected chi connectivity index (χ0v) is 11.2. The van der Waals surface area contributed by atoms with E-state index in [2.05, 4.69) is 11.6 Å². The number of hydrogen-bond donors (Lipinski definition) is 0. The van der Waals surface area contributed by atoms with Crippen LogP contribution in [0.15, 0.2) is 61.2 Å². The number of carbonyl (C=O) groups is 1. The third kappa shape index (κ3) is 2.35. The van der Waals surface area contributed by atoms with Gasteiger partial charge in [-0.2, -0.15) is 0 Å². The predicted octanol–water partition coefficient (Wildman–Crippen LogP) is 3.29. The fraction of sp³-hybridized carbons (Fsp3) is 0.176. The van der Waals surface area contributed by atoms with Crippen LogP contribution < -0.4 is 4.90 Å². The molecule has 2 heterocycles. The Bertz CT molecular complexity index is 636. The molecular formula is C17H16N2O. The van der Waals surface area contributed by atoms with Crippen molar-refractivity contribution >= 4 is 11.7 Å². The van der Waals surface area contributed by atoms with E-state index >= 15 is 0 Å². The molecule has 0 bridgehead atoms. The number of aromatic nitrogens is 1. The van der Waals surface area contributed by atoms with E-state index in [4.69, 9.17) is 0 Å². The van der Waals surface area contributed by atoms with Gasteiger partial charge in [0.2, 0.25) is 5.91 Å². The largest absolute Gasteiger partial charge is 0.296 e. The highest BCUT2D eigenvalue weighted by Gasteiger charge is 2.29. The average molecular weight is 264 g/mol. The van der Waals surface area contributed by atoms with Gasteiger partial charge in [-0.3, -0.25) is 9.69 Å². The van der Waals surface area contributed by atoms with Gasteiger partial charge in [0.15, 0.2) is 0 Å². The van der Waals surface area contributed by atoms with Crippen LogP contribution in [0.2, 0.25) is 0 Å². The molecule has 0 saturated carbocycles. The van der Waals surface area contributed by atoms with Crippen molar-refractivity contribution in [2.24, 2.45) is 5.92 Å². The fourth-order valence-electron chi connectivity index (χ4n) is 2.46. The molecule has 1 aliphatic rings. The summed E-state index contributed by atoms with van der Waals surface area (Å²) in [5.74, 6) is 1.07. The molecule has 1 aromatic heterocycles. The molecule has 3 heteroatoms. The van der Waals surface area contributed by atoms with Gasteiger partial charge in [0.1, 0.15) is 5.82 Å². The molecule has 1 unspecified atom stereocenters. The molecule has 0 radical (unpaired) electrons. The Hall–Kier alpha value is -2.42. The van der Waals surface area contributed by atoms with Gasteiger partial charge in [0.25, 0.3) is 0 Å². The summed E-state index contributed by atoms with van der Waals surface area (Å²) in [7, 11) is 0. The Kier molecular flexibility index (Phi) is 3.33. The summed E-state index contributed by atoms with van der Waals surface area (Å²) in [6.45, 7) is 4.45. The average Bonchev–Trinajstić information content (AvgIpc) is 2.89. The van der Waals surface area contributed by atoms with E-state index in [1.165, 1.54) is 0 Å². The van der Waals surface area contributed by atoms with Gasteiger partial charge in [-0.1, -0.05) is 42.5 Å². The molecule has 20 heavy (non-hydrogen) atoms. The van der Waals surface area contributed by atoms with Crippen molar-refractivity contribution in [1.82, 2.24) is 4.98 Å². The number of rotatable bonds is 3. The maximum atomic E-state index is 12.0. The van der Waals surface area contributed by atoms with Crippen molar-refractivity contribution in [3.63, 3.8) is 0 Å². The van der Waals surface area contributed by atoms with Crippen LogP contribution in [0.3, 0.4) is 0 Å². The Morgan fingerprint density at radius 1 is 1.15 bits per heavy atom. The second-order valence-electron chi connectivity index (χ2n) is 4.95. The molecule has 1 atom stereocenters. The summed E-state index contributed by atoms with van der Waals surface area (Å²) in [6, 6.07) is 15.8. The molecule has 2 aromatic rings. The highest BCUT2D eigenvalue weighted by molar-refractivity contribution is 5.95. The number of amides is 1. The maximum absolute atomic E-state index is 12.0. The monoisotopic (exact) mass is 264 g/mol. The second kappa shape index (κ2) is 5.29. The van der Waals surface area contributed by atoms with E-state index in [9.17, 15) is 4.79 Å². The molecule has 1 amide bonds. The summed E-state index contributed by atoms with van der Waals surface area (Å²) in [5, 5.41) is 0. The molecule has 1 aromatic carbocycles. The number of nitrogens with zero attached hydrogens (tertiary/aromatic N) is 2. The molecule has 100 valence electrons. The Morgan fingerprint density at radius 2 is 1.95 bits per heavy atom. The van der Waals surface area contributed by atoms with Gasteiger partial charge in [-0.05, 0) is 12.1 Å². The lowest BCUT2D eigenvalue weighted by molar-refractivity contribution is -0.117. The van der Waals surface area contributed by atoms with Crippen LogP contribution in [-0.2, 0) is 4.79 Å². The molecule has 3 nitrogen and oxygen atoms in total. The molecule has 1 saturated heterocycles. The number of carbonyl (C=O) groups excluding carboxylic acids is 1. The first-order chi connectivity index (χ1) is 9.78. The van der Waals surface area contributed by atoms with Crippen LogP contribution in [0, 0.1) is 5.92 Å². The quantitative estimate of drug-likeness (QED) is 0.797. The Balaban J connectivity index is 1.92. The van der Waals surface area contributed by atoms with E-state index in [1.54, 1.807) is 4.90 Å². The molecular weight excluding hydrogens is 248 g/mol. The predicted molar refractivity (Wildman–Crippen MR) is 80.3 cm³/mol. The SMILES string of the molecule is C=CC1CC(=O)N(c2cccc(-c3ccccc3)n2)C1. The van der Waals surface area contributed by atoms with Gasteiger partial charge >= 0.3 is 0 Å². The van der Waals surface area contributed by atoms with E-state index in [-0.39, 0.29) is 11.8 Å². The second-order valence-corrected chi connectivity index (χ2v) is 4.95. The van der Waals surface area contributed by atoms with Gasteiger partial charge in [-0.15, -0.1) is 6.58 Å². The molecule has 0 N–H and O–H groups in total. The van der Waals surface area contributed by atoms with E-state index in [1.807, 2.05) is 54.6 Å². The zero-order chi connectivity index (χ0) is 13.9. The van der Waals surface area contributed by atoms with Crippen molar-refractivity contribution in [2.75, 3.05) is 11.4 Å². The smallest absolute Gasteiger partial charge is 0.228 e. The van der Waals surface area contributed by atoms with Gasteiger partial charge in [0, 0.05) is 24.4 Å². The maximum Gasteiger partial charge on any atom is 0.228 e. The van der Waals surface area contributed by atoms with Gasteiger partial charge in [-0.25, -0.2) is 4.98 Å². The minimum Gasteiger partial charge on any atom is -0.296 e. The lowest BCUT2D eigenvalue weighted by Gasteiger charge is -2.16. The highest BCUT2D eigenvalue weighted by atomic mass is 16.2. The number of anilines is 1. The van der Waals surface area contributed by atoms with Crippen molar-refractivity contribution in [2.45, 2.75) is 6.42 Å². The molecule has 1 fully saturated rings. The van der Waals surface area contributed by atoms with Crippen LogP contribution in [-0.4, -0.2) is 17.4 Å². The van der Waals surface area contributed by atoms with Crippen LogP contribution >= 0.6 is 0 Å². The number of hydrogen-bond acceptors (Lipinski definition) is 2. The minimum absolute atomic E-state index is 0.118. The lowest BCUT2D eigenvalue weighted by Crippen LogP contribution is -2.25. The van der Waals surface area contributed by atoms with Crippen molar-refractivity contribution in [3.8, 4) is 11.3 Å². The van der Waals surface area contributed by atoms with Crippen LogP contribution in [0.25, 0.3) is 11.3 Å². The lowest BCUT2D eigenvalue weighted by atomic mass is 10.1. The first-order valence-corrected chi connectivity index (χ1v) is 6.73. The van der Waals surface area contributed by atoms with Crippen molar-refractivity contribution in [1.29, 1.82) is 0 Å². The molecule has 1 aliphatic heterocycles. The van der Waals surface area contributed by atoms with Crippen LogP contribution in [0.1, 0.15) is 6.42 Å². The van der Waals surface area contributed by atoms with E-state index in [0.717, 1.165) is 17.1 Å². The molecule has 0 spiro atoms. The van der Waals surface area contributed by atoms with E-state index in [0.29, 0.717) is 13.0 Å². The first-order valence-electron chi connectivity index (χ1n) is 6.73. The third-order valence-corrected chi connectivity index (χ3v) is 3.57. The standard InChI is InChI=1S/C17H16N2O/c1-2-13-11-17(20)19(12-13)16-10-6-9-15(18-16)14-7-4-3-5-8-14/h2-10,13H,1,11-12H2. The first kappa shape index (κ1) is 12.6. The fourth-order valence-corrected chi connectivity index (χ4v) is 2.46. The Morgan fingerprint density at radius 3 is 2.65 bits per heavy atom. The minimum atomic E-state index is 0.118. The highest BCUT2D eigenvalue weighted by Crippen LogP contribution is 2.26. The summed E-state index contributed by atoms with van der Waals surface area (Å²) in [5.41, 5.74) is 1.94. The van der Waals surface area contributed by atoms with Crippen LogP contribution in [0.4, 0.5) is 5.82 Å². The number of benzene rings is 1. The topological polar surface area (TPSA) is 33.2 Å². The molecule has 0 aliphatic carbocycles. The normalized spacial score (nSPS) is 18.3. The summed E-state index contributed by atoms with van der Waals surface area (Å²) in [6.07, 6.45) is 2.37. The molecule has 3 rings (SSSR count). The van der Waals surface area contributed by atoms with Crippen molar-refractivity contribution in [3.05, 3.63) is 61.2 Å². The Labute approximate surface area is 118 Å². The van der Waals surface area contributed by atoms with Gasteiger partial charge in [0.05, 0.1) is 5.69 Å². The van der Waals surface area contributed by atoms with Gasteiger partial charge < -0.3 is 0 Å². The van der Waals surface area contributed by atoms with E-state index < -0.39 is 0 Å². The van der Waals surface area contributed by atoms with Crippen molar-refractivity contribution < 1.29 is 4.79 Å².